The van der Waals surface area contributed by atoms with Gasteiger partial charge in [-0.05, 0) is 19.4 Å². The van der Waals surface area contributed by atoms with Crippen molar-refractivity contribution < 1.29 is 35.3 Å². The van der Waals surface area contributed by atoms with Gasteiger partial charge >= 0.3 is 21.6 Å². The summed E-state index contributed by atoms with van der Waals surface area (Å²) in [5.41, 5.74) is -6.74. The molecule has 9 heteroatoms. The average Bonchev–Trinajstić information content (AvgIpc) is 2.44. The van der Waals surface area contributed by atoms with E-state index >= 15 is 0 Å². The number of carbonyl (C=O) groups excluding carboxylic acids is 1. The zero-order valence-corrected chi connectivity index (χ0v) is 13.2. The van der Waals surface area contributed by atoms with E-state index in [9.17, 15) is 26.4 Å². The molecule has 0 aromatic heterocycles. The van der Waals surface area contributed by atoms with Gasteiger partial charge in [-0.25, -0.2) is 0 Å². The smallest absolute Gasteiger partial charge is 0.460 e. The highest BCUT2D eigenvalue weighted by atomic mass is 32.2. The highest BCUT2D eigenvalue weighted by Crippen LogP contribution is 2.34. The van der Waals surface area contributed by atoms with Crippen molar-refractivity contribution in [2.75, 3.05) is 0 Å². The minimum Gasteiger partial charge on any atom is -0.460 e. The molecule has 0 saturated heterocycles. The summed E-state index contributed by atoms with van der Waals surface area (Å²) in [6, 6.07) is 8.55. The van der Waals surface area contributed by atoms with Crippen molar-refractivity contribution in [2.24, 2.45) is 5.41 Å². The molecule has 0 bridgehead atoms. The van der Waals surface area contributed by atoms with Crippen LogP contribution in [0.25, 0.3) is 0 Å². The molecule has 0 aliphatic heterocycles. The second-order valence-corrected chi connectivity index (χ2v) is 6.63. The maximum Gasteiger partial charge on any atom is 0.534 e. The third kappa shape index (κ3) is 4.72. The number of esters is 1. The summed E-state index contributed by atoms with van der Waals surface area (Å²) in [7, 11) is -5.89. The first-order valence-corrected chi connectivity index (χ1v) is 7.70. The Kier molecular flexibility index (Phi) is 5.47. The van der Waals surface area contributed by atoms with Crippen molar-refractivity contribution in [3.8, 4) is 0 Å². The maximum atomic E-state index is 12.3. The molecule has 1 aromatic carbocycles. The number of ether oxygens (including phenoxy) is 1. The lowest BCUT2D eigenvalue weighted by Crippen LogP contribution is -2.33. The molecular weight excluding hydrogens is 337 g/mol. The summed E-state index contributed by atoms with van der Waals surface area (Å²) < 4.78 is 67.6. The van der Waals surface area contributed by atoms with Crippen LogP contribution in [0.15, 0.2) is 42.7 Å². The van der Waals surface area contributed by atoms with Crippen LogP contribution < -0.4 is 0 Å². The van der Waals surface area contributed by atoms with Crippen molar-refractivity contribution in [1.29, 1.82) is 0 Å². The Morgan fingerprint density at radius 1 is 1.17 bits per heavy atom. The van der Waals surface area contributed by atoms with E-state index in [-0.39, 0.29) is 6.61 Å². The van der Waals surface area contributed by atoms with Crippen LogP contribution in [-0.4, -0.2) is 19.9 Å². The molecule has 0 unspecified atom stereocenters. The molecule has 0 saturated carbocycles. The van der Waals surface area contributed by atoms with Gasteiger partial charge < -0.3 is 8.92 Å². The number of halogens is 3. The largest absolute Gasteiger partial charge is 0.534 e. The summed E-state index contributed by atoms with van der Waals surface area (Å²) >= 11 is 0. The SMILES string of the molecule is C=C(OS(=O)(=O)C(F)(F)F)C(C)(C)C(=O)OCc1ccccc1. The first kappa shape index (κ1) is 19.0. The lowest BCUT2D eigenvalue weighted by Gasteiger charge is -2.24. The molecule has 0 amide bonds. The molecule has 0 fully saturated rings. The molecule has 0 aliphatic carbocycles. The molecule has 0 atom stereocenters. The molecule has 128 valence electrons. The van der Waals surface area contributed by atoms with Gasteiger partial charge in [0.25, 0.3) is 0 Å². The predicted molar refractivity (Wildman–Crippen MR) is 75.2 cm³/mol. The van der Waals surface area contributed by atoms with Crippen molar-refractivity contribution in [1.82, 2.24) is 0 Å². The molecule has 5 nitrogen and oxygen atoms in total. The van der Waals surface area contributed by atoms with Crippen molar-refractivity contribution in [2.45, 2.75) is 26.0 Å². The van der Waals surface area contributed by atoms with Crippen molar-refractivity contribution in [3.63, 3.8) is 0 Å². The third-order valence-corrected chi connectivity index (χ3v) is 3.90. The fourth-order valence-electron chi connectivity index (χ4n) is 1.30. The number of alkyl halides is 3. The molecule has 0 heterocycles. The Morgan fingerprint density at radius 3 is 2.17 bits per heavy atom. The molecular formula is C14H15F3O5S. The van der Waals surface area contributed by atoms with Crippen LogP contribution in [0.3, 0.4) is 0 Å². The van der Waals surface area contributed by atoms with Gasteiger partial charge in [0.2, 0.25) is 0 Å². The Morgan fingerprint density at radius 2 is 1.70 bits per heavy atom. The van der Waals surface area contributed by atoms with E-state index in [2.05, 4.69) is 10.8 Å². The summed E-state index contributed by atoms with van der Waals surface area (Å²) in [6.45, 7) is 5.27. The Hall–Kier alpha value is -2.03. The Balaban J connectivity index is 2.77. The Labute approximate surface area is 131 Å². The van der Waals surface area contributed by atoms with E-state index in [1.807, 2.05) is 0 Å². The quantitative estimate of drug-likeness (QED) is 0.340. The van der Waals surface area contributed by atoms with Crippen molar-refractivity contribution >= 4 is 16.1 Å². The number of hydrogen-bond acceptors (Lipinski definition) is 5. The van der Waals surface area contributed by atoms with Gasteiger partial charge in [-0.2, -0.15) is 21.6 Å². The molecule has 23 heavy (non-hydrogen) atoms. The van der Waals surface area contributed by atoms with Gasteiger partial charge in [0.1, 0.15) is 17.8 Å². The lowest BCUT2D eigenvalue weighted by molar-refractivity contribution is -0.154. The summed E-state index contributed by atoms with van der Waals surface area (Å²) in [5, 5.41) is 0. The van der Waals surface area contributed by atoms with Gasteiger partial charge in [-0.15, -0.1) is 0 Å². The normalized spacial score (nSPS) is 12.6. The van der Waals surface area contributed by atoms with Gasteiger partial charge in [0.05, 0.1) is 0 Å². The van der Waals surface area contributed by atoms with Gasteiger partial charge in [-0.3, -0.25) is 4.79 Å². The number of hydrogen-bond donors (Lipinski definition) is 0. The minimum absolute atomic E-state index is 0.123. The predicted octanol–water partition coefficient (Wildman–Crippen LogP) is 3.14. The van der Waals surface area contributed by atoms with E-state index < -0.39 is 32.8 Å². The molecule has 1 aromatic rings. The first-order chi connectivity index (χ1) is 10.4. The summed E-state index contributed by atoms with van der Waals surface area (Å²) in [6.07, 6.45) is 0. The van der Waals surface area contributed by atoms with E-state index in [0.717, 1.165) is 13.8 Å². The zero-order chi connectivity index (χ0) is 17.9. The summed E-state index contributed by atoms with van der Waals surface area (Å²) in [4.78, 5) is 12.0. The molecule has 1 rings (SSSR count). The standard InChI is InChI=1S/C14H15F3O5S/c1-10(22-23(19,20)14(15,16)17)13(2,3)12(18)21-9-11-7-5-4-6-8-11/h4-8H,1,9H2,2-3H3. The first-order valence-electron chi connectivity index (χ1n) is 6.29. The van der Waals surface area contributed by atoms with Gasteiger partial charge in [0, 0.05) is 0 Å². The van der Waals surface area contributed by atoms with E-state index in [1.165, 1.54) is 0 Å². The van der Waals surface area contributed by atoms with Gasteiger partial charge in [-0.1, -0.05) is 36.9 Å². The van der Waals surface area contributed by atoms with Crippen LogP contribution in [0.1, 0.15) is 19.4 Å². The van der Waals surface area contributed by atoms with Crippen LogP contribution in [0.5, 0.6) is 0 Å². The van der Waals surface area contributed by atoms with Crippen LogP contribution >= 0.6 is 0 Å². The van der Waals surface area contributed by atoms with E-state index in [1.54, 1.807) is 30.3 Å². The van der Waals surface area contributed by atoms with Gasteiger partial charge in [0.15, 0.2) is 0 Å². The number of carbonyl (C=O) groups is 1. The van der Waals surface area contributed by atoms with E-state index in [0.29, 0.717) is 5.56 Å². The summed E-state index contributed by atoms with van der Waals surface area (Å²) in [5.74, 6) is -1.85. The second-order valence-electron chi connectivity index (χ2n) is 5.09. The molecule has 0 spiro atoms. The topological polar surface area (TPSA) is 69.7 Å². The fourth-order valence-corrected chi connectivity index (χ4v) is 1.87. The van der Waals surface area contributed by atoms with Crippen LogP contribution in [-0.2, 0) is 30.4 Å². The maximum absolute atomic E-state index is 12.3. The minimum atomic E-state index is -5.89. The average molecular weight is 352 g/mol. The van der Waals surface area contributed by atoms with E-state index in [4.69, 9.17) is 4.74 Å². The molecule has 0 aliphatic rings. The van der Waals surface area contributed by atoms with Crippen LogP contribution in [0.2, 0.25) is 0 Å². The fraction of sp³-hybridized carbons (Fsp3) is 0.357. The third-order valence-electron chi connectivity index (χ3n) is 2.91. The number of rotatable bonds is 6. The zero-order valence-electron chi connectivity index (χ0n) is 12.4. The van der Waals surface area contributed by atoms with Crippen molar-refractivity contribution in [3.05, 3.63) is 48.2 Å². The Bertz CT molecular complexity index is 678. The monoisotopic (exact) mass is 352 g/mol. The second kappa shape index (κ2) is 6.61. The molecule has 0 radical (unpaired) electrons. The van der Waals surface area contributed by atoms with Crippen LogP contribution in [0.4, 0.5) is 13.2 Å². The molecule has 0 N–H and O–H groups in total. The highest BCUT2D eigenvalue weighted by molar-refractivity contribution is 7.87. The number of benzene rings is 1. The highest BCUT2D eigenvalue weighted by Gasteiger charge is 2.50. The lowest BCUT2D eigenvalue weighted by atomic mass is 9.92. The van der Waals surface area contributed by atoms with Crippen LogP contribution in [0, 0.1) is 5.41 Å².